The van der Waals surface area contributed by atoms with Crippen LogP contribution in [-0.2, 0) is 18.9 Å². The van der Waals surface area contributed by atoms with E-state index in [2.05, 4.69) is 0 Å². The molecule has 4 unspecified atom stereocenters. The Morgan fingerprint density at radius 1 is 0.900 bits per heavy atom. The molecule has 0 aromatic heterocycles. The van der Waals surface area contributed by atoms with Crippen molar-refractivity contribution in [2.24, 2.45) is 10.8 Å². The zero-order valence-corrected chi connectivity index (χ0v) is 12.9. The SMILES string of the molecule is COC1CC(C)(CO)CO1.COC1CC(C)(CO)CO1. The van der Waals surface area contributed by atoms with E-state index in [0.29, 0.717) is 13.2 Å². The Hall–Kier alpha value is -0.240. The number of hydrogen-bond donors (Lipinski definition) is 2. The van der Waals surface area contributed by atoms with Gasteiger partial charge in [-0.2, -0.15) is 0 Å². The molecule has 0 aliphatic carbocycles. The predicted octanol–water partition coefficient (Wildman–Crippen LogP) is 0.756. The molecule has 2 fully saturated rings. The maximum absolute atomic E-state index is 8.90. The van der Waals surface area contributed by atoms with Crippen LogP contribution in [0.15, 0.2) is 0 Å². The quantitative estimate of drug-likeness (QED) is 0.796. The van der Waals surface area contributed by atoms with Gasteiger partial charge in [0.1, 0.15) is 0 Å². The van der Waals surface area contributed by atoms with E-state index in [0.717, 1.165) is 12.8 Å². The maximum atomic E-state index is 8.90. The van der Waals surface area contributed by atoms with Crippen LogP contribution in [0.5, 0.6) is 0 Å². The van der Waals surface area contributed by atoms with E-state index in [-0.39, 0.29) is 36.6 Å². The highest BCUT2D eigenvalue weighted by Crippen LogP contribution is 2.32. The van der Waals surface area contributed by atoms with Gasteiger partial charge in [0.05, 0.1) is 26.4 Å². The second-order valence-electron chi connectivity index (χ2n) is 6.30. The Balaban J connectivity index is 0.000000200. The Labute approximate surface area is 121 Å². The first-order chi connectivity index (χ1) is 9.40. The third-order valence-electron chi connectivity index (χ3n) is 3.84. The minimum atomic E-state index is -0.114. The lowest BCUT2D eigenvalue weighted by atomic mass is 9.91. The van der Waals surface area contributed by atoms with Crippen LogP contribution >= 0.6 is 0 Å². The fourth-order valence-corrected chi connectivity index (χ4v) is 2.15. The van der Waals surface area contributed by atoms with Crippen molar-refractivity contribution in [2.45, 2.75) is 39.3 Å². The summed E-state index contributed by atoms with van der Waals surface area (Å²) in [5, 5.41) is 17.8. The highest BCUT2D eigenvalue weighted by molar-refractivity contribution is 4.80. The standard InChI is InChI=1S/2C7H14O3/c2*1-7(4-8)3-6(9-2)10-5-7/h2*6,8H,3-5H2,1-2H3. The molecule has 2 rings (SSSR count). The minimum Gasteiger partial charge on any atom is -0.396 e. The lowest BCUT2D eigenvalue weighted by molar-refractivity contribution is -0.0885. The van der Waals surface area contributed by atoms with Crippen molar-refractivity contribution >= 4 is 0 Å². The molecule has 20 heavy (non-hydrogen) atoms. The molecule has 2 aliphatic rings. The highest BCUT2D eigenvalue weighted by atomic mass is 16.7. The van der Waals surface area contributed by atoms with Crippen molar-refractivity contribution in [1.82, 2.24) is 0 Å². The van der Waals surface area contributed by atoms with Crippen LogP contribution in [0, 0.1) is 10.8 Å². The van der Waals surface area contributed by atoms with Gasteiger partial charge in [0.2, 0.25) is 0 Å². The molecule has 4 atom stereocenters. The van der Waals surface area contributed by atoms with Crippen LogP contribution in [-0.4, -0.2) is 63.4 Å². The van der Waals surface area contributed by atoms with Crippen LogP contribution in [0.25, 0.3) is 0 Å². The molecule has 6 nitrogen and oxygen atoms in total. The van der Waals surface area contributed by atoms with Crippen molar-refractivity contribution in [3.63, 3.8) is 0 Å². The average molecular weight is 292 g/mol. The second-order valence-corrected chi connectivity index (χ2v) is 6.30. The van der Waals surface area contributed by atoms with Gasteiger partial charge in [0.25, 0.3) is 0 Å². The first-order valence-corrected chi connectivity index (χ1v) is 6.91. The Morgan fingerprint density at radius 2 is 1.25 bits per heavy atom. The second kappa shape index (κ2) is 7.68. The summed E-state index contributed by atoms with van der Waals surface area (Å²) >= 11 is 0. The molecule has 0 saturated carbocycles. The van der Waals surface area contributed by atoms with Crippen molar-refractivity contribution in [1.29, 1.82) is 0 Å². The smallest absolute Gasteiger partial charge is 0.157 e. The molecule has 2 aliphatic heterocycles. The third kappa shape index (κ3) is 4.95. The zero-order chi connectivity index (χ0) is 15.2. The fraction of sp³-hybridized carbons (Fsp3) is 1.00. The highest BCUT2D eigenvalue weighted by Gasteiger charge is 2.36. The van der Waals surface area contributed by atoms with Crippen molar-refractivity contribution in [3.8, 4) is 0 Å². The molecule has 2 N–H and O–H groups in total. The van der Waals surface area contributed by atoms with Crippen LogP contribution in [0.1, 0.15) is 26.7 Å². The summed E-state index contributed by atoms with van der Waals surface area (Å²) in [6.45, 7) is 5.53. The van der Waals surface area contributed by atoms with Gasteiger partial charge in [0, 0.05) is 37.9 Å². The molecule has 0 aromatic rings. The Bertz CT molecular complexity index is 259. The third-order valence-corrected chi connectivity index (χ3v) is 3.84. The summed E-state index contributed by atoms with van der Waals surface area (Å²) in [6.07, 6.45) is 1.36. The lowest BCUT2D eigenvalue weighted by Crippen LogP contribution is -2.21. The monoisotopic (exact) mass is 292 g/mol. The molecular formula is C14H28O6. The zero-order valence-electron chi connectivity index (χ0n) is 12.9. The van der Waals surface area contributed by atoms with E-state index in [1.54, 1.807) is 14.2 Å². The molecule has 2 heterocycles. The van der Waals surface area contributed by atoms with E-state index in [1.807, 2.05) is 13.8 Å². The van der Waals surface area contributed by atoms with Crippen molar-refractivity contribution in [3.05, 3.63) is 0 Å². The Morgan fingerprint density at radius 3 is 1.40 bits per heavy atom. The first kappa shape index (κ1) is 17.8. The van der Waals surface area contributed by atoms with Crippen molar-refractivity contribution in [2.75, 3.05) is 40.6 Å². The average Bonchev–Trinajstić information content (AvgIpc) is 3.04. The van der Waals surface area contributed by atoms with Gasteiger partial charge in [-0.15, -0.1) is 0 Å². The van der Waals surface area contributed by atoms with E-state index >= 15 is 0 Å². The van der Waals surface area contributed by atoms with E-state index in [4.69, 9.17) is 29.2 Å². The van der Waals surface area contributed by atoms with Gasteiger partial charge in [-0.25, -0.2) is 0 Å². The molecule has 0 bridgehead atoms. The molecule has 2 saturated heterocycles. The van der Waals surface area contributed by atoms with Gasteiger partial charge in [-0.1, -0.05) is 13.8 Å². The summed E-state index contributed by atoms with van der Waals surface area (Å²) in [7, 11) is 3.24. The largest absolute Gasteiger partial charge is 0.396 e. The molecule has 0 amide bonds. The van der Waals surface area contributed by atoms with Gasteiger partial charge < -0.3 is 29.2 Å². The fourth-order valence-electron chi connectivity index (χ4n) is 2.15. The van der Waals surface area contributed by atoms with Gasteiger partial charge in [0.15, 0.2) is 12.6 Å². The van der Waals surface area contributed by atoms with Crippen LogP contribution < -0.4 is 0 Å². The van der Waals surface area contributed by atoms with Crippen molar-refractivity contribution < 1.29 is 29.2 Å². The maximum Gasteiger partial charge on any atom is 0.157 e. The summed E-state index contributed by atoms with van der Waals surface area (Å²) in [6, 6.07) is 0. The number of methoxy groups -OCH3 is 2. The van der Waals surface area contributed by atoms with Gasteiger partial charge in [-0.3, -0.25) is 0 Å². The number of rotatable bonds is 4. The Kier molecular flexibility index (Phi) is 6.84. The van der Waals surface area contributed by atoms with E-state index < -0.39 is 0 Å². The minimum absolute atomic E-state index is 0.0827. The number of aliphatic hydroxyl groups is 2. The van der Waals surface area contributed by atoms with Crippen LogP contribution in [0.2, 0.25) is 0 Å². The van der Waals surface area contributed by atoms with E-state index in [9.17, 15) is 0 Å². The first-order valence-electron chi connectivity index (χ1n) is 6.91. The van der Waals surface area contributed by atoms with Gasteiger partial charge in [-0.05, 0) is 0 Å². The molecule has 0 radical (unpaired) electrons. The topological polar surface area (TPSA) is 77.4 Å². The molecule has 120 valence electrons. The van der Waals surface area contributed by atoms with Crippen LogP contribution in [0.3, 0.4) is 0 Å². The molecule has 0 aromatic carbocycles. The van der Waals surface area contributed by atoms with Crippen LogP contribution in [0.4, 0.5) is 0 Å². The summed E-state index contributed by atoms with van der Waals surface area (Å²) < 4.78 is 20.4. The normalized spacial score (nSPS) is 40.5. The van der Waals surface area contributed by atoms with Gasteiger partial charge >= 0.3 is 0 Å². The molecule has 0 spiro atoms. The lowest BCUT2D eigenvalue weighted by Gasteiger charge is -2.16. The van der Waals surface area contributed by atoms with E-state index in [1.165, 1.54) is 0 Å². The molecular weight excluding hydrogens is 264 g/mol. The summed E-state index contributed by atoms with van der Waals surface area (Å²) in [4.78, 5) is 0. The predicted molar refractivity (Wildman–Crippen MR) is 73.1 cm³/mol. The summed E-state index contributed by atoms with van der Waals surface area (Å²) in [5.74, 6) is 0. The number of hydrogen-bond acceptors (Lipinski definition) is 6. The summed E-state index contributed by atoms with van der Waals surface area (Å²) in [5.41, 5.74) is -0.165. The molecule has 6 heteroatoms. The number of aliphatic hydroxyl groups excluding tert-OH is 2. The number of ether oxygens (including phenoxy) is 4.